The first-order chi connectivity index (χ1) is 14.4. The molecule has 0 aliphatic heterocycles. The molecule has 2 aromatic carbocycles. The molecule has 3 rings (SSSR count). The smallest absolute Gasteiger partial charge is 0.326 e. The highest BCUT2D eigenvalue weighted by molar-refractivity contribution is 7.16. The topological polar surface area (TPSA) is 104 Å². The molecule has 1 heterocycles. The first-order valence-electron chi connectivity index (χ1n) is 8.83. The van der Waals surface area contributed by atoms with Gasteiger partial charge in [0.15, 0.2) is 4.80 Å². The van der Waals surface area contributed by atoms with Gasteiger partial charge in [-0.3, -0.25) is 19.7 Å². The van der Waals surface area contributed by atoms with Crippen LogP contribution < -0.4 is 4.80 Å². The highest BCUT2D eigenvalue weighted by atomic mass is 35.5. The lowest BCUT2D eigenvalue weighted by atomic mass is 10.2. The number of esters is 1. The number of carbonyl (C=O) groups is 2. The SMILES string of the molecule is CCOC(=O)Cn1c(=NC(=O)/C=C/c2cccc([N+](=O)[O-])c2)sc2cccc(Cl)c21. The quantitative estimate of drug-likeness (QED) is 0.247. The number of carbonyl (C=O) groups excluding carboxylic acids is 2. The van der Waals surface area contributed by atoms with Crippen LogP contribution in [0, 0.1) is 10.1 Å². The molecule has 10 heteroatoms. The number of nitro benzene ring substituents is 1. The average Bonchev–Trinajstić information content (AvgIpc) is 3.05. The van der Waals surface area contributed by atoms with Gasteiger partial charge >= 0.3 is 5.97 Å². The Morgan fingerprint density at radius 2 is 2.07 bits per heavy atom. The van der Waals surface area contributed by atoms with Gasteiger partial charge in [0.2, 0.25) is 0 Å². The molecule has 0 saturated heterocycles. The second-order valence-electron chi connectivity index (χ2n) is 6.00. The lowest BCUT2D eigenvalue weighted by Gasteiger charge is -2.05. The number of hydrogen-bond acceptors (Lipinski definition) is 6. The fourth-order valence-electron chi connectivity index (χ4n) is 2.70. The van der Waals surface area contributed by atoms with Gasteiger partial charge in [-0.2, -0.15) is 4.99 Å². The van der Waals surface area contributed by atoms with Gasteiger partial charge < -0.3 is 9.30 Å². The fraction of sp³-hybridized carbons (Fsp3) is 0.150. The number of thiazole rings is 1. The zero-order valence-electron chi connectivity index (χ0n) is 15.8. The number of fused-ring (bicyclic) bond motifs is 1. The summed E-state index contributed by atoms with van der Waals surface area (Å²) in [5.41, 5.74) is 1.01. The van der Waals surface area contributed by atoms with Crippen LogP contribution in [0.15, 0.2) is 53.5 Å². The van der Waals surface area contributed by atoms with Crippen molar-refractivity contribution in [2.45, 2.75) is 13.5 Å². The van der Waals surface area contributed by atoms with E-state index in [0.29, 0.717) is 20.9 Å². The second-order valence-corrected chi connectivity index (χ2v) is 7.41. The molecule has 30 heavy (non-hydrogen) atoms. The normalized spacial score (nSPS) is 11.9. The predicted molar refractivity (Wildman–Crippen MR) is 114 cm³/mol. The number of rotatable bonds is 6. The molecule has 3 aromatic rings. The third-order valence-corrected chi connectivity index (χ3v) is 5.30. The summed E-state index contributed by atoms with van der Waals surface area (Å²) in [6.45, 7) is 1.79. The lowest BCUT2D eigenvalue weighted by Crippen LogP contribution is -2.23. The second kappa shape index (κ2) is 9.47. The largest absolute Gasteiger partial charge is 0.465 e. The molecule has 0 aliphatic rings. The maximum atomic E-state index is 12.4. The summed E-state index contributed by atoms with van der Waals surface area (Å²) in [5.74, 6) is -1.06. The van der Waals surface area contributed by atoms with E-state index in [-0.39, 0.29) is 18.8 Å². The van der Waals surface area contributed by atoms with Crippen molar-refractivity contribution in [3.63, 3.8) is 0 Å². The van der Waals surface area contributed by atoms with Crippen LogP contribution in [-0.2, 0) is 20.9 Å². The maximum absolute atomic E-state index is 12.4. The van der Waals surface area contributed by atoms with E-state index < -0.39 is 16.8 Å². The van der Waals surface area contributed by atoms with Gasteiger partial charge in [-0.15, -0.1) is 0 Å². The molecule has 0 unspecified atom stereocenters. The minimum atomic E-state index is -0.582. The number of ether oxygens (including phenoxy) is 1. The standard InChI is InChI=1S/C20H16ClN3O5S/c1-2-29-18(26)12-23-19-15(21)7-4-8-16(19)30-20(23)22-17(25)10-9-13-5-3-6-14(11-13)24(27)28/h3-11H,2,12H2,1H3/b10-9+,22-20?. The fourth-order valence-corrected chi connectivity index (χ4v) is 4.09. The average molecular weight is 446 g/mol. The number of non-ortho nitro benzene ring substituents is 1. The first-order valence-corrected chi connectivity index (χ1v) is 10.0. The molecule has 1 amide bonds. The maximum Gasteiger partial charge on any atom is 0.326 e. The van der Waals surface area contributed by atoms with Crippen LogP contribution in [0.3, 0.4) is 0 Å². The molecule has 0 aliphatic carbocycles. The molecule has 0 spiro atoms. The van der Waals surface area contributed by atoms with Gasteiger partial charge in [0.25, 0.3) is 11.6 Å². The van der Waals surface area contributed by atoms with Gasteiger partial charge in [0, 0.05) is 18.2 Å². The number of nitrogens with zero attached hydrogens (tertiary/aromatic N) is 3. The number of benzene rings is 2. The molecular formula is C20H16ClN3O5S. The Hall–Kier alpha value is -3.30. The van der Waals surface area contributed by atoms with Crippen molar-refractivity contribution < 1.29 is 19.2 Å². The molecule has 0 fully saturated rings. The zero-order valence-corrected chi connectivity index (χ0v) is 17.4. The molecule has 0 radical (unpaired) electrons. The van der Waals surface area contributed by atoms with Crippen LogP contribution >= 0.6 is 22.9 Å². The van der Waals surface area contributed by atoms with E-state index in [1.807, 2.05) is 6.07 Å². The third-order valence-electron chi connectivity index (χ3n) is 3.95. The van der Waals surface area contributed by atoms with E-state index in [1.165, 1.54) is 41.7 Å². The van der Waals surface area contributed by atoms with Crippen LogP contribution in [0.2, 0.25) is 5.02 Å². The minimum Gasteiger partial charge on any atom is -0.465 e. The molecule has 0 bridgehead atoms. The summed E-state index contributed by atoms with van der Waals surface area (Å²) in [5, 5.41) is 11.3. The van der Waals surface area contributed by atoms with E-state index in [9.17, 15) is 19.7 Å². The highest BCUT2D eigenvalue weighted by Crippen LogP contribution is 2.25. The summed E-state index contributed by atoms with van der Waals surface area (Å²) in [6.07, 6.45) is 2.65. The van der Waals surface area contributed by atoms with Crippen molar-refractivity contribution in [1.29, 1.82) is 0 Å². The number of amides is 1. The summed E-state index contributed by atoms with van der Waals surface area (Å²) >= 11 is 7.51. The lowest BCUT2D eigenvalue weighted by molar-refractivity contribution is -0.384. The van der Waals surface area contributed by atoms with Gasteiger partial charge in [0.05, 0.1) is 26.8 Å². The summed E-state index contributed by atoms with van der Waals surface area (Å²) < 4.78 is 7.31. The Morgan fingerprint density at radius 1 is 1.30 bits per heavy atom. The van der Waals surface area contributed by atoms with Gasteiger partial charge in [0.1, 0.15) is 6.54 Å². The number of nitro groups is 1. The Kier molecular flexibility index (Phi) is 6.76. The summed E-state index contributed by atoms with van der Waals surface area (Å²) in [4.78, 5) is 39.1. The van der Waals surface area contributed by atoms with Crippen molar-refractivity contribution in [1.82, 2.24) is 4.57 Å². The summed E-state index contributed by atoms with van der Waals surface area (Å²) in [6, 6.07) is 11.1. The third kappa shape index (κ3) is 5.00. The van der Waals surface area contributed by atoms with Crippen molar-refractivity contribution in [2.75, 3.05) is 6.61 Å². The van der Waals surface area contributed by atoms with Crippen LogP contribution in [0.25, 0.3) is 16.3 Å². The first kappa shape index (κ1) is 21.4. The Morgan fingerprint density at radius 3 is 2.80 bits per heavy atom. The molecule has 8 nitrogen and oxygen atoms in total. The number of aromatic nitrogens is 1. The number of hydrogen-bond donors (Lipinski definition) is 0. The Bertz CT molecular complexity index is 1230. The van der Waals surface area contributed by atoms with Crippen LogP contribution in [-0.4, -0.2) is 28.0 Å². The molecule has 0 saturated carbocycles. The van der Waals surface area contributed by atoms with Crippen molar-refractivity contribution >= 4 is 56.8 Å². The predicted octanol–water partition coefficient (Wildman–Crippen LogP) is 3.97. The monoisotopic (exact) mass is 445 g/mol. The van der Waals surface area contributed by atoms with E-state index in [1.54, 1.807) is 29.7 Å². The molecule has 154 valence electrons. The Labute approximate surface area is 179 Å². The van der Waals surface area contributed by atoms with Gasteiger partial charge in [-0.1, -0.05) is 41.1 Å². The van der Waals surface area contributed by atoms with Crippen LogP contribution in [0.1, 0.15) is 12.5 Å². The van der Waals surface area contributed by atoms with Crippen molar-refractivity contribution in [3.05, 3.63) is 74.0 Å². The van der Waals surface area contributed by atoms with Crippen molar-refractivity contribution in [2.24, 2.45) is 4.99 Å². The number of para-hydroxylation sites is 1. The number of halogens is 1. The minimum absolute atomic E-state index is 0.0760. The van der Waals surface area contributed by atoms with Crippen LogP contribution in [0.5, 0.6) is 0 Å². The van der Waals surface area contributed by atoms with E-state index in [2.05, 4.69) is 4.99 Å². The summed E-state index contributed by atoms with van der Waals surface area (Å²) in [7, 11) is 0. The Balaban J connectivity index is 1.97. The molecule has 0 atom stereocenters. The van der Waals surface area contributed by atoms with E-state index in [4.69, 9.17) is 16.3 Å². The van der Waals surface area contributed by atoms with Gasteiger partial charge in [-0.05, 0) is 30.7 Å². The van der Waals surface area contributed by atoms with E-state index >= 15 is 0 Å². The van der Waals surface area contributed by atoms with E-state index in [0.717, 1.165) is 4.70 Å². The molecular weight excluding hydrogens is 430 g/mol. The highest BCUT2D eigenvalue weighted by Gasteiger charge is 2.14. The molecule has 1 aromatic heterocycles. The van der Waals surface area contributed by atoms with Gasteiger partial charge in [-0.25, -0.2) is 0 Å². The van der Waals surface area contributed by atoms with Crippen molar-refractivity contribution in [3.8, 4) is 0 Å². The zero-order chi connectivity index (χ0) is 21.7. The van der Waals surface area contributed by atoms with Crippen LogP contribution in [0.4, 0.5) is 5.69 Å². The molecule has 0 N–H and O–H groups in total.